The summed E-state index contributed by atoms with van der Waals surface area (Å²) in [4.78, 5) is 38.9. The van der Waals surface area contributed by atoms with Gasteiger partial charge < -0.3 is 15.2 Å². The summed E-state index contributed by atoms with van der Waals surface area (Å²) < 4.78 is 48.5. The summed E-state index contributed by atoms with van der Waals surface area (Å²) in [6.07, 6.45) is 6.65. The zero-order valence-electron chi connectivity index (χ0n) is 22.6. The lowest BCUT2D eigenvalue weighted by Crippen LogP contribution is -2.06. The molecule has 3 aromatic rings. The number of halogens is 3. The number of pyridine rings is 2. The molecular formula is C28H30F3N5O4. The normalized spacial score (nSPS) is 10.7. The Morgan fingerprint density at radius 3 is 1.55 bits per heavy atom. The molecule has 0 amide bonds. The number of nitrogens with two attached hydrogens (primary N) is 1. The van der Waals surface area contributed by atoms with Crippen LogP contribution in [-0.2, 0) is 22.3 Å². The summed E-state index contributed by atoms with van der Waals surface area (Å²) in [5, 5.41) is 0. The van der Waals surface area contributed by atoms with E-state index in [2.05, 4.69) is 19.9 Å². The van der Waals surface area contributed by atoms with Gasteiger partial charge in [-0.25, -0.2) is 23.9 Å². The number of nitrogen functional groups attached to an aromatic ring is 1. The Morgan fingerprint density at radius 2 is 1.15 bits per heavy atom. The minimum absolute atomic E-state index is 0.0711. The summed E-state index contributed by atoms with van der Waals surface area (Å²) in [5.41, 5.74) is 7.98. The van der Waals surface area contributed by atoms with Crippen LogP contribution in [0.15, 0.2) is 43.0 Å². The standard InChI is InChI=1S/C16H17FN4O2.C12H13F2NO2/c1-3-14-10(5-11(7-19-14)15(22)23-4-2)6-13(17)12-8-20-16(18)21-9-12;1-3-10-8(6-11(13)14)5-9(7-15-10)12(16)17-4-2/h5-9H,3-4H2,1-2H3,(H2,18,20,21);5-7H,3-4H2,1-2H3/b13-6-;. The molecule has 3 rings (SSSR count). The molecule has 0 aliphatic rings. The molecule has 0 bridgehead atoms. The molecule has 0 fully saturated rings. The van der Waals surface area contributed by atoms with Gasteiger partial charge in [0, 0.05) is 53.4 Å². The Kier molecular flexibility index (Phi) is 12.4. The van der Waals surface area contributed by atoms with E-state index in [1.54, 1.807) is 26.8 Å². The molecule has 3 heterocycles. The number of ether oxygens (including phenoxy) is 2. The van der Waals surface area contributed by atoms with Crippen LogP contribution < -0.4 is 5.73 Å². The van der Waals surface area contributed by atoms with Crippen LogP contribution in [0.25, 0.3) is 18.0 Å². The number of aryl methyl sites for hydroxylation is 2. The van der Waals surface area contributed by atoms with E-state index in [4.69, 9.17) is 15.2 Å². The molecule has 12 heteroatoms. The van der Waals surface area contributed by atoms with Crippen LogP contribution in [0.5, 0.6) is 0 Å². The molecule has 0 atom stereocenters. The molecule has 2 N–H and O–H groups in total. The highest BCUT2D eigenvalue weighted by molar-refractivity contribution is 5.91. The molecule has 0 aliphatic carbocycles. The van der Waals surface area contributed by atoms with Crippen LogP contribution in [0.3, 0.4) is 0 Å². The summed E-state index contributed by atoms with van der Waals surface area (Å²) in [6.45, 7) is 7.59. The largest absolute Gasteiger partial charge is 0.462 e. The lowest BCUT2D eigenvalue weighted by molar-refractivity contribution is 0.0516. The molecular weight excluding hydrogens is 527 g/mol. The second kappa shape index (κ2) is 15.7. The van der Waals surface area contributed by atoms with E-state index in [0.717, 1.165) is 0 Å². The van der Waals surface area contributed by atoms with Gasteiger partial charge in [-0.1, -0.05) is 13.8 Å². The fraction of sp³-hybridized carbons (Fsp3) is 0.286. The van der Waals surface area contributed by atoms with Crippen molar-refractivity contribution in [3.63, 3.8) is 0 Å². The van der Waals surface area contributed by atoms with E-state index in [1.807, 2.05) is 6.92 Å². The SMILES string of the molecule is CCOC(=O)c1cnc(CC)c(/C=C(\F)c2cnc(N)nc2)c1.CCOC(=O)c1cnc(CC)c(C=C(F)F)c1. The fourth-order valence-electron chi connectivity index (χ4n) is 3.31. The van der Waals surface area contributed by atoms with Crippen LogP contribution in [0.4, 0.5) is 19.1 Å². The van der Waals surface area contributed by atoms with Crippen LogP contribution in [0.2, 0.25) is 0 Å². The second-order valence-corrected chi connectivity index (χ2v) is 7.92. The smallest absolute Gasteiger partial charge is 0.339 e. The van der Waals surface area contributed by atoms with Crippen molar-refractivity contribution < 1.29 is 32.2 Å². The van der Waals surface area contributed by atoms with Crippen molar-refractivity contribution in [1.29, 1.82) is 0 Å². The molecule has 0 spiro atoms. The Hall–Kier alpha value is -4.61. The van der Waals surface area contributed by atoms with Crippen molar-refractivity contribution in [1.82, 2.24) is 19.9 Å². The molecule has 0 saturated carbocycles. The van der Waals surface area contributed by atoms with Crippen molar-refractivity contribution in [2.45, 2.75) is 40.5 Å². The van der Waals surface area contributed by atoms with Gasteiger partial charge in [0.25, 0.3) is 6.08 Å². The quantitative estimate of drug-likeness (QED) is 0.328. The monoisotopic (exact) mass is 557 g/mol. The number of esters is 2. The van der Waals surface area contributed by atoms with E-state index in [1.165, 1.54) is 36.9 Å². The molecule has 0 aliphatic heterocycles. The Labute approximate surface area is 230 Å². The molecule has 3 aromatic heterocycles. The number of anilines is 1. The maximum atomic E-state index is 14.3. The molecule has 0 aromatic carbocycles. The second-order valence-electron chi connectivity index (χ2n) is 7.92. The third kappa shape index (κ3) is 9.29. The number of carbonyl (C=O) groups excluding carboxylic acids is 2. The average molecular weight is 558 g/mol. The summed E-state index contributed by atoms with van der Waals surface area (Å²) >= 11 is 0. The van der Waals surface area contributed by atoms with E-state index >= 15 is 0 Å². The molecule has 0 radical (unpaired) electrons. The predicted molar refractivity (Wildman–Crippen MR) is 145 cm³/mol. The third-order valence-corrected chi connectivity index (χ3v) is 5.19. The first-order chi connectivity index (χ1) is 19.1. The van der Waals surface area contributed by atoms with E-state index < -0.39 is 23.8 Å². The Morgan fingerprint density at radius 1 is 0.725 bits per heavy atom. The Bertz CT molecular complexity index is 1370. The van der Waals surface area contributed by atoms with Gasteiger partial charge in [-0.15, -0.1) is 0 Å². The number of rotatable bonds is 9. The number of aromatic nitrogens is 4. The molecule has 40 heavy (non-hydrogen) atoms. The van der Waals surface area contributed by atoms with E-state index in [0.29, 0.717) is 35.9 Å². The van der Waals surface area contributed by atoms with Crippen molar-refractivity contribution >= 4 is 35.9 Å². The van der Waals surface area contributed by atoms with E-state index in [9.17, 15) is 22.8 Å². The van der Waals surface area contributed by atoms with Gasteiger partial charge in [0.05, 0.1) is 24.3 Å². The molecule has 0 unspecified atom stereocenters. The van der Waals surface area contributed by atoms with Gasteiger partial charge in [0.15, 0.2) is 0 Å². The van der Waals surface area contributed by atoms with Gasteiger partial charge in [0.1, 0.15) is 5.83 Å². The molecule has 212 valence electrons. The van der Waals surface area contributed by atoms with Gasteiger partial charge in [-0.2, -0.15) is 8.78 Å². The fourth-order valence-corrected chi connectivity index (χ4v) is 3.31. The average Bonchev–Trinajstić information content (AvgIpc) is 2.93. The first-order valence-corrected chi connectivity index (χ1v) is 12.4. The summed E-state index contributed by atoms with van der Waals surface area (Å²) in [6, 6.07) is 2.92. The Balaban J connectivity index is 0.000000294. The van der Waals surface area contributed by atoms with Crippen LogP contribution in [0, 0.1) is 0 Å². The highest BCUT2D eigenvalue weighted by atomic mass is 19.3. The number of carbonyl (C=O) groups is 2. The van der Waals surface area contributed by atoms with Crippen molar-refractivity contribution in [3.05, 3.63) is 82.2 Å². The maximum Gasteiger partial charge on any atom is 0.339 e. The highest BCUT2D eigenvalue weighted by Crippen LogP contribution is 2.21. The van der Waals surface area contributed by atoms with Crippen molar-refractivity contribution in [2.75, 3.05) is 18.9 Å². The van der Waals surface area contributed by atoms with Gasteiger partial charge in [-0.3, -0.25) is 9.97 Å². The number of nitrogens with zero attached hydrogens (tertiary/aromatic N) is 4. The van der Waals surface area contributed by atoms with E-state index in [-0.39, 0.29) is 41.4 Å². The minimum atomic E-state index is -1.82. The minimum Gasteiger partial charge on any atom is -0.462 e. The van der Waals surface area contributed by atoms with Crippen LogP contribution in [-0.4, -0.2) is 45.1 Å². The summed E-state index contributed by atoms with van der Waals surface area (Å²) in [7, 11) is 0. The lowest BCUT2D eigenvalue weighted by Gasteiger charge is -2.07. The molecule has 9 nitrogen and oxygen atoms in total. The zero-order chi connectivity index (χ0) is 29.7. The maximum absolute atomic E-state index is 14.3. The van der Waals surface area contributed by atoms with Crippen molar-refractivity contribution in [3.8, 4) is 0 Å². The van der Waals surface area contributed by atoms with Crippen LogP contribution in [0.1, 0.15) is 76.5 Å². The highest BCUT2D eigenvalue weighted by Gasteiger charge is 2.12. The van der Waals surface area contributed by atoms with Gasteiger partial charge >= 0.3 is 11.9 Å². The van der Waals surface area contributed by atoms with Crippen LogP contribution >= 0.6 is 0 Å². The van der Waals surface area contributed by atoms with Crippen molar-refractivity contribution in [2.24, 2.45) is 0 Å². The first-order valence-electron chi connectivity index (χ1n) is 12.4. The van der Waals surface area contributed by atoms with Gasteiger partial charge in [-0.05, 0) is 50.5 Å². The third-order valence-electron chi connectivity index (χ3n) is 5.19. The predicted octanol–water partition coefficient (Wildman–Crippen LogP) is 5.72. The number of hydrogen-bond acceptors (Lipinski definition) is 9. The molecule has 0 saturated heterocycles. The van der Waals surface area contributed by atoms with Gasteiger partial charge in [0.2, 0.25) is 5.95 Å². The zero-order valence-corrected chi connectivity index (χ0v) is 22.6. The first kappa shape index (κ1) is 31.6. The topological polar surface area (TPSA) is 130 Å². The lowest BCUT2D eigenvalue weighted by atomic mass is 10.1. The number of hydrogen-bond donors (Lipinski definition) is 1. The summed E-state index contributed by atoms with van der Waals surface area (Å²) in [5.74, 6) is -1.52.